The van der Waals surface area contributed by atoms with Crippen LogP contribution in [0.2, 0.25) is 0 Å². The summed E-state index contributed by atoms with van der Waals surface area (Å²) in [6.45, 7) is 3.60. The standard InChI is InChI=1S/C31H39NO4/c1-21-16-27(19-33)30(34-4)31(35-5)29(21)24-9-7-23(8-10-24)20-36-28-13-12-25-17-22(14-15-32(2)3)6-11-26(25)18-28/h7-10,12-13,16,18,22,33H,6,11,14-15,17,19-20H2,1-5H3. The fourth-order valence-corrected chi connectivity index (χ4v) is 5.25. The van der Waals surface area contributed by atoms with Gasteiger partial charge in [0.05, 0.1) is 20.8 Å². The molecule has 192 valence electrons. The zero-order chi connectivity index (χ0) is 25.7. The number of hydrogen-bond acceptors (Lipinski definition) is 5. The third kappa shape index (κ3) is 5.85. The minimum absolute atomic E-state index is 0.101. The van der Waals surface area contributed by atoms with Crippen molar-refractivity contribution < 1.29 is 19.3 Å². The summed E-state index contributed by atoms with van der Waals surface area (Å²) in [5.74, 6) is 2.94. The highest BCUT2D eigenvalue weighted by Gasteiger charge is 2.20. The van der Waals surface area contributed by atoms with Gasteiger partial charge in [-0.3, -0.25) is 0 Å². The highest BCUT2D eigenvalue weighted by atomic mass is 16.5. The number of aliphatic hydroxyl groups excluding tert-OH is 1. The van der Waals surface area contributed by atoms with Gasteiger partial charge in [0.25, 0.3) is 0 Å². The molecule has 1 aliphatic rings. The van der Waals surface area contributed by atoms with E-state index in [0.29, 0.717) is 18.1 Å². The molecule has 0 saturated carbocycles. The second-order valence-electron chi connectivity index (χ2n) is 10.1. The van der Waals surface area contributed by atoms with Crippen molar-refractivity contribution in [3.05, 3.63) is 76.3 Å². The van der Waals surface area contributed by atoms with Crippen molar-refractivity contribution in [1.82, 2.24) is 4.90 Å². The van der Waals surface area contributed by atoms with Crippen LogP contribution in [-0.2, 0) is 26.1 Å². The second-order valence-corrected chi connectivity index (χ2v) is 10.1. The van der Waals surface area contributed by atoms with Gasteiger partial charge >= 0.3 is 0 Å². The summed E-state index contributed by atoms with van der Waals surface area (Å²) >= 11 is 0. The molecule has 36 heavy (non-hydrogen) atoms. The van der Waals surface area contributed by atoms with Crippen molar-refractivity contribution in [2.45, 2.75) is 45.8 Å². The molecule has 0 spiro atoms. The molecule has 0 bridgehead atoms. The summed E-state index contributed by atoms with van der Waals surface area (Å²) in [4.78, 5) is 2.28. The van der Waals surface area contributed by atoms with E-state index >= 15 is 0 Å². The van der Waals surface area contributed by atoms with E-state index in [0.717, 1.165) is 52.5 Å². The number of aliphatic hydroxyl groups is 1. The molecule has 3 aromatic rings. The molecule has 0 fully saturated rings. The number of rotatable bonds is 10. The van der Waals surface area contributed by atoms with E-state index in [2.05, 4.69) is 61.5 Å². The highest BCUT2D eigenvalue weighted by Crippen LogP contribution is 2.43. The third-order valence-corrected chi connectivity index (χ3v) is 7.23. The molecule has 5 heteroatoms. The Morgan fingerprint density at radius 3 is 2.36 bits per heavy atom. The first kappa shape index (κ1) is 26.1. The van der Waals surface area contributed by atoms with Crippen LogP contribution in [0.15, 0.2) is 48.5 Å². The molecule has 1 aliphatic carbocycles. The first-order valence-electron chi connectivity index (χ1n) is 12.8. The van der Waals surface area contributed by atoms with E-state index < -0.39 is 0 Å². The van der Waals surface area contributed by atoms with Crippen LogP contribution in [0.5, 0.6) is 17.2 Å². The Morgan fingerprint density at radius 1 is 0.944 bits per heavy atom. The summed E-state index contributed by atoms with van der Waals surface area (Å²) in [5, 5.41) is 9.71. The van der Waals surface area contributed by atoms with Crippen LogP contribution in [-0.4, -0.2) is 44.9 Å². The van der Waals surface area contributed by atoms with Crippen LogP contribution in [0.25, 0.3) is 11.1 Å². The zero-order valence-corrected chi connectivity index (χ0v) is 22.3. The molecule has 1 unspecified atom stereocenters. The maximum absolute atomic E-state index is 9.71. The maximum Gasteiger partial charge on any atom is 0.169 e. The van der Waals surface area contributed by atoms with Gasteiger partial charge in [0.1, 0.15) is 12.4 Å². The Kier molecular flexibility index (Phi) is 8.55. The Balaban J connectivity index is 1.43. The molecule has 0 radical (unpaired) electrons. The van der Waals surface area contributed by atoms with E-state index in [1.54, 1.807) is 14.2 Å². The average molecular weight is 490 g/mol. The first-order valence-corrected chi connectivity index (χ1v) is 12.8. The molecule has 0 saturated heterocycles. The molecule has 1 N–H and O–H groups in total. The van der Waals surface area contributed by atoms with Crippen LogP contribution in [0.1, 0.15) is 40.7 Å². The number of ether oxygens (including phenoxy) is 3. The second kappa shape index (κ2) is 11.8. The highest BCUT2D eigenvalue weighted by molar-refractivity contribution is 5.78. The molecule has 1 atom stereocenters. The quantitative estimate of drug-likeness (QED) is 0.390. The molecule has 4 rings (SSSR count). The number of nitrogens with zero attached hydrogens (tertiary/aromatic N) is 1. The van der Waals surface area contributed by atoms with E-state index in [1.807, 2.05) is 13.0 Å². The van der Waals surface area contributed by atoms with Gasteiger partial charge in [0.15, 0.2) is 11.5 Å². The normalized spacial score (nSPS) is 15.0. The number of methoxy groups -OCH3 is 2. The molecule has 5 nitrogen and oxygen atoms in total. The minimum atomic E-state index is -0.101. The van der Waals surface area contributed by atoms with Gasteiger partial charge < -0.3 is 24.2 Å². The summed E-state index contributed by atoms with van der Waals surface area (Å²) in [7, 11) is 7.53. The van der Waals surface area contributed by atoms with Gasteiger partial charge in [-0.2, -0.15) is 0 Å². The fraction of sp³-hybridized carbons (Fsp3) is 0.419. The van der Waals surface area contributed by atoms with E-state index in [9.17, 15) is 5.11 Å². The van der Waals surface area contributed by atoms with Crippen molar-refractivity contribution in [3.63, 3.8) is 0 Å². The monoisotopic (exact) mass is 489 g/mol. The Bertz CT molecular complexity index is 1170. The number of benzene rings is 3. The molecular weight excluding hydrogens is 450 g/mol. The smallest absolute Gasteiger partial charge is 0.169 e. The predicted molar refractivity (Wildman–Crippen MR) is 145 cm³/mol. The van der Waals surface area contributed by atoms with Gasteiger partial charge in [-0.15, -0.1) is 0 Å². The lowest BCUT2D eigenvalue weighted by molar-refractivity contribution is 0.270. The molecular formula is C31H39NO4. The van der Waals surface area contributed by atoms with E-state index in [-0.39, 0.29) is 6.61 Å². The van der Waals surface area contributed by atoms with Crippen LogP contribution >= 0.6 is 0 Å². The Hall–Kier alpha value is -3.02. The van der Waals surface area contributed by atoms with Gasteiger partial charge in [-0.1, -0.05) is 30.3 Å². The van der Waals surface area contributed by atoms with Gasteiger partial charge in [-0.25, -0.2) is 0 Å². The summed E-state index contributed by atoms with van der Waals surface area (Å²) < 4.78 is 17.4. The average Bonchev–Trinajstić information content (AvgIpc) is 2.90. The lowest BCUT2D eigenvalue weighted by Crippen LogP contribution is -2.21. The molecule has 0 aliphatic heterocycles. The lowest BCUT2D eigenvalue weighted by Gasteiger charge is -2.26. The first-order chi connectivity index (χ1) is 17.4. The number of fused-ring (bicyclic) bond motifs is 1. The van der Waals surface area contributed by atoms with Crippen molar-refractivity contribution in [1.29, 1.82) is 0 Å². The largest absolute Gasteiger partial charge is 0.492 e. The maximum atomic E-state index is 9.71. The SMILES string of the molecule is COc1c(CO)cc(C)c(-c2ccc(COc3ccc4c(c3)CCC(CCN(C)C)C4)cc2)c1OC. The van der Waals surface area contributed by atoms with Crippen LogP contribution in [0.3, 0.4) is 0 Å². The number of hydrogen-bond donors (Lipinski definition) is 1. The van der Waals surface area contributed by atoms with Gasteiger partial charge in [0.2, 0.25) is 0 Å². The summed E-state index contributed by atoms with van der Waals surface area (Å²) in [5.41, 5.74) is 7.77. The third-order valence-electron chi connectivity index (χ3n) is 7.23. The van der Waals surface area contributed by atoms with Crippen molar-refractivity contribution in [3.8, 4) is 28.4 Å². The molecule has 0 aromatic heterocycles. The van der Waals surface area contributed by atoms with Crippen molar-refractivity contribution >= 4 is 0 Å². The minimum Gasteiger partial charge on any atom is -0.492 e. The van der Waals surface area contributed by atoms with Crippen molar-refractivity contribution in [2.24, 2.45) is 5.92 Å². The fourth-order valence-electron chi connectivity index (χ4n) is 5.25. The van der Waals surface area contributed by atoms with Gasteiger partial charge in [0, 0.05) is 11.1 Å². The lowest BCUT2D eigenvalue weighted by atomic mass is 9.82. The predicted octanol–water partition coefficient (Wildman–Crippen LogP) is 5.81. The summed E-state index contributed by atoms with van der Waals surface area (Å²) in [6.07, 6.45) is 4.85. The van der Waals surface area contributed by atoms with E-state index in [1.165, 1.54) is 30.4 Å². The van der Waals surface area contributed by atoms with Crippen molar-refractivity contribution in [2.75, 3.05) is 34.9 Å². The van der Waals surface area contributed by atoms with Crippen LogP contribution in [0.4, 0.5) is 0 Å². The zero-order valence-electron chi connectivity index (χ0n) is 22.3. The van der Waals surface area contributed by atoms with E-state index in [4.69, 9.17) is 14.2 Å². The Morgan fingerprint density at radius 2 is 1.69 bits per heavy atom. The van der Waals surface area contributed by atoms with Crippen LogP contribution < -0.4 is 14.2 Å². The topological polar surface area (TPSA) is 51.2 Å². The van der Waals surface area contributed by atoms with Crippen LogP contribution in [0, 0.1) is 12.8 Å². The molecule has 0 amide bonds. The number of aryl methyl sites for hydroxylation is 2. The Labute approximate surface area is 215 Å². The summed E-state index contributed by atoms with van der Waals surface area (Å²) in [6, 6.07) is 16.9. The van der Waals surface area contributed by atoms with Gasteiger partial charge in [-0.05, 0) is 105 Å². The molecule has 3 aromatic carbocycles. The molecule has 0 heterocycles.